The van der Waals surface area contributed by atoms with Gasteiger partial charge in [0.1, 0.15) is 4.49 Å². The van der Waals surface area contributed by atoms with E-state index >= 15 is 0 Å². The van der Waals surface area contributed by atoms with Crippen LogP contribution in [0, 0.1) is 0 Å². The predicted molar refractivity (Wildman–Crippen MR) is 95.7 cm³/mol. The average Bonchev–Trinajstić information content (AvgIpc) is 2.53. The second-order valence-corrected chi connectivity index (χ2v) is 8.03. The molecule has 0 heterocycles. The van der Waals surface area contributed by atoms with Gasteiger partial charge in [0.2, 0.25) is 15.7 Å². The zero-order valence-corrected chi connectivity index (χ0v) is 15.3. The molecule has 1 amide bonds. The lowest BCUT2D eigenvalue weighted by molar-refractivity contribution is -0.119. The zero-order chi connectivity index (χ0) is 17.7. The van der Waals surface area contributed by atoms with Crippen LogP contribution in [-0.4, -0.2) is 14.3 Å². The summed E-state index contributed by atoms with van der Waals surface area (Å²) in [5.41, 5.74) is 0.726. The Morgan fingerprint density at radius 1 is 0.958 bits per heavy atom. The van der Waals surface area contributed by atoms with Crippen molar-refractivity contribution in [3.8, 4) is 0 Å². The summed E-state index contributed by atoms with van der Waals surface area (Å²) >= 11 is 17.1. The van der Waals surface area contributed by atoms with Crippen LogP contribution < -0.4 is 5.32 Å². The van der Waals surface area contributed by atoms with Crippen LogP contribution in [0.15, 0.2) is 69.0 Å². The Hall–Kier alpha value is -1.53. The van der Waals surface area contributed by atoms with E-state index in [4.69, 9.17) is 34.8 Å². The first-order valence-electron chi connectivity index (χ1n) is 6.70. The molecule has 0 aliphatic carbocycles. The molecule has 0 bridgehead atoms. The van der Waals surface area contributed by atoms with Crippen LogP contribution in [0.1, 0.15) is 5.56 Å². The molecule has 1 N–H and O–H groups in total. The van der Waals surface area contributed by atoms with Crippen LogP contribution in [0.2, 0.25) is 5.02 Å². The maximum absolute atomic E-state index is 12.6. The number of amides is 1. The number of halogens is 3. The number of benzene rings is 2. The van der Waals surface area contributed by atoms with Crippen molar-refractivity contribution in [2.45, 2.75) is 11.3 Å². The highest BCUT2D eigenvalue weighted by atomic mass is 35.5. The lowest BCUT2D eigenvalue weighted by Crippen LogP contribution is -2.29. The van der Waals surface area contributed by atoms with E-state index < -0.39 is 25.3 Å². The summed E-state index contributed by atoms with van der Waals surface area (Å²) in [6.45, 7) is 0. The highest BCUT2D eigenvalue weighted by molar-refractivity contribution is 7.95. The van der Waals surface area contributed by atoms with Crippen molar-refractivity contribution in [2.75, 3.05) is 0 Å². The van der Waals surface area contributed by atoms with Gasteiger partial charge in [0.05, 0.1) is 11.3 Å². The molecule has 0 aliphatic rings. The van der Waals surface area contributed by atoms with E-state index in [-0.39, 0.29) is 11.3 Å². The van der Waals surface area contributed by atoms with Crippen molar-refractivity contribution in [1.29, 1.82) is 0 Å². The van der Waals surface area contributed by atoms with Crippen LogP contribution in [-0.2, 0) is 21.1 Å². The first-order chi connectivity index (χ1) is 11.3. The van der Waals surface area contributed by atoms with E-state index in [0.717, 1.165) is 5.56 Å². The molecule has 0 atom stereocenters. The average molecular weight is 405 g/mol. The number of carbonyl (C=O) groups is 1. The molecule has 0 aliphatic heterocycles. The molecule has 4 nitrogen and oxygen atoms in total. The summed E-state index contributed by atoms with van der Waals surface area (Å²) in [7, 11) is -4.08. The lowest BCUT2D eigenvalue weighted by atomic mass is 10.1. The van der Waals surface area contributed by atoms with Crippen LogP contribution in [0.3, 0.4) is 0 Å². The number of rotatable bonds is 5. The minimum atomic E-state index is -4.08. The van der Waals surface area contributed by atoms with Crippen LogP contribution in [0.4, 0.5) is 0 Å². The van der Waals surface area contributed by atoms with Crippen molar-refractivity contribution in [3.05, 3.63) is 74.7 Å². The number of nitrogens with one attached hydrogen (secondary N) is 1. The molecule has 2 aromatic rings. The summed E-state index contributed by atoms with van der Waals surface area (Å²) in [4.78, 5) is 12.0. The summed E-state index contributed by atoms with van der Waals surface area (Å²) in [5, 5.41) is 2.09. The minimum absolute atomic E-state index is 0.0124. The molecule has 0 unspecified atom stereocenters. The summed E-state index contributed by atoms with van der Waals surface area (Å²) in [6, 6.07) is 14.3. The molecule has 0 fully saturated rings. The monoisotopic (exact) mass is 403 g/mol. The zero-order valence-electron chi connectivity index (χ0n) is 12.2. The Bertz CT molecular complexity index is 859. The van der Waals surface area contributed by atoms with Gasteiger partial charge in [-0.1, -0.05) is 65.1 Å². The third-order valence-electron chi connectivity index (χ3n) is 3.02. The van der Waals surface area contributed by atoms with E-state index in [0.29, 0.717) is 5.02 Å². The van der Waals surface area contributed by atoms with Crippen LogP contribution >= 0.6 is 34.8 Å². The molecule has 0 spiro atoms. The van der Waals surface area contributed by atoms with Gasteiger partial charge in [-0.2, -0.15) is 0 Å². The Morgan fingerprint density at radius 3 is 2.08 bits per heavy atom. The SMILES string of the molecule is O=C(Cc1ccccc1)NC(=C(Cl)Cl)S(=O)(=O)c1ccc(Cl)cc1. The Balaban J connectivity index is 2.25. The number of sulfone groups is 1. The van der Waals surface area contributed by atoms with Gasteiger partial charge in [0.25, 0.3) is 0 Å². The number of hydrogen-bond donors (Lipinski definition) is 1. The fourth-order valence-corrected chi connectivity index (χ4v) is 3.91. The first kappa shape index (κ1) is 18.8. The van der Waals surface area contributed by atoms with E-state index in [9.17, 15) is 13.2 Å². The van der Waals surface area contributed by atoms with E-state index in [1.807, 2.05) is 6.07 Å². The van der Waals surface area contributed by atoms with Gasteiger partial charge in [0, 0.05) is 5.02 Å². The second-order valence-electron chi connectivity index (χ2n) is 4.76. The molecular weight excluding hydrogens is 393 g/mol. The van der Waals surface area contributed by atoms with Crippen molar-refractivity contribution in [1.82, 2.24) is 5.32 Å². The molecule has 2 aromatic carbocycles. The fraction of sp³-hybridized carbons (Fsp3) is 0.0625. The number of carbonyl (C=O) groups excluding carboxylic acids is 1. The molecule has 8 heteroatoms. The predicted octanol–water partition coefficient (Wildman–Crippen LogP) is 4.08. The molecule has 0 aromatic heterocycles. The number of hydrogen-bond acceptors (Lipinski definition) is 3. The van der Waals surface area contributed by atoms with Crippen molar-refractivity contribution >= 4 is 50.5 Å². The van der Waals surface area contributed by atoms with E-state index in [1.165, 1.54) is 24.3 Å². The Kier molecular flexibility index (Phi) is 6.29. The maximum atomic E-state index is 12.6. The normalized spacial score (nSPS) is 11.0. The van der Waals surface area contributed by atoms with Crippen molar-refractivity contribution in [3.63, 3.8) is 0 Å². The van der Waals surface area contributed by atoms with Gasteiger partial charge in [-0.05, 0) is 29.8 Å². The van der Waals surface area contributed by atoms with Gasteiger partial charge >= 0.3 is 0 Å². The lowest BCUT2D eigenvalue weighted by Gasteiger charge is -2.11. The highest BCUT2D eigenvalue weighted by Gasteiger charge is 2.25. The van der Waals surface area contributed by atoms with Gasteiger partial charge in [-0.3, -0.25) is 4.79 Å². The fourth-order valence-electron chi connectivity index (χ4n) is 1.90. The molecule has 0 saturated heterocycles. The first-order valence-corrected chi connectivity index (χ1v) is 9.32. The smallest absolute Gasteiger partial charge is 0.229 e. The van der Waals surface area contributed by atoms with Crippen LogP contribution in [0.5, 0.6) is 0 Å². The summed E-state index contributed by atoms with van der Waals surface area (Å²) in [6.07, 6.45) is -0.0124. The standard InChI is InChI=1S/C16H12Cl3NO3S/c17-12-6-8-13(9-7-12)24(22,23)16(15(18)19)20-14(21)10-11-4-2-1-3-5-11/h1-9H,10H2,(H,20,21). The van der Waals surface area contributed by atoms with Gasteiger partial charge in [0.15, 0.2) is 5.03 Å². The molecule has 0 radical (unpaired) electrons. The van der Waals surface area contributed by atoms with Crippen molar-refractivity contribution < 1.29 is 13.2 Å². The summed E-state index contributed by atoms with van der Waals surface area (Å²) < 4.78 is 24.6. The van der Waals surface area contributed by atoms with Gasteiger partial charge in [-0.15, -0.1) is 0 Å². The van der Waals surface area contributed by atoms with Crippen molar-refractivity contribution in [2.24, 2.45) is 0 Å². The molecule has 2 rings (SSSR count). The minimum Gasteiger partial charge on any atom is -0.314 e. The molecular formula is C16H12Cl3NO3S. The van der Waals surface area contributed by atoms with Gasteiger partial charge in [-0.25, -0.2) is 8.42 Å². The highest BCUT2D eigenvalue weighted by Crippen LogP contribution is 2.25. The third kappa shape index (κ3) is 4.74. The third-order valence-corrected chi connectivity index (χ3v) is 5.62. The topological polar surface area (TPSA) is 63.2 Å². The Labute approximate surface area is 155 Å². The molecule has 24 heavy (non-hydrogen) atoms. The quantitative estimate of drug-likeness (QED) is 0.817. The largest absolute Gasteiger partial charge is 0.314 e. The second kappa shape index (κ2) is 8.03. The molecule has 0 saturated carbocycles. The Morgan fingerprint density at radius 2 is 1.54 bits per heavy atom. The summed E-state index contributed by atoms with van der Waals surface area (Å²) in [5.74, 6) is -0.549. The van der Waals surface area contributed by atoms with Crippen LogP contribution in [0.25, 0.3) is 0 Å². The van der Waals surface area contributed by atoms with E-state index in [1.54, 1.807) is 24.3 Å². The molecule has 126 valence electrons. The van der Waals surface area contributed by atoms with E-state index in [2.05, 4.69) is 5.32 Å². The van der Waals surface area contributed by atoms with Gasteiger partial charge < -0.3 is 5.32 Å². The maximum Gasteiger partial charge on any atom is 0.229 e.